The van der Waals surface area contributed by atoms with Gasteiger partial charge < -0.3 is 10.1 Å². The van der Waals surface area contributed by atoms with Crippen LogP contribution in [0.15, 0.2) is 0 Å². The van der Waals surface area contributed by atoms with E-state index in [9.17, 15) is 0 Å². The van der Waals surface area contributed by atoms with Crippen LogP contribution in [0.3, 0.4) is 0 Å². The van der Waals surface area contributed by atoms with Gasteiger partial charge in [0.25, 0.3) is 0 Å². The molecule has 1 N–H and O–H groups in total. The summed E-state index contributed by atoms with van der Waals surface area (Å²) in [6.07, 6.45) is 2.56. The Labute approximate surface area is 101 Å². The van der Waals surface area contributed by atoms with Crippen molar-refractivity contribution in [2.75, 3.05) is 33.4 Å². The Kier molecular flexibility index (Phi) is 6.32. The van der Waals surface area contributed by atoms with Crippen molar-refractivity contribution < 1.29 is 4.74 Å². The summed E-state index contributed by atoms with van der Waals surface area (Å²) in [6.45, 7) is 11.1. The second kappa shape index (κ2) is 7.25. The highest BCUT2D eigenvalue weighted by Gasteiger charge is 2.28. The number of ether oxygens (including phenoxy) is 1. The molecule has 0 spiro atoms. The molecule has 1 aliphatic rings. The summed E-state index contributed by atoms with van der Waals surface area (Å²) >= 11 is 0. The van der Waals surface area contributed by atoms with Crippen LogP contribution < -0.4 is 5.32 Å². The number of nitrogens with one attached hydrogen (secondary N) is 1. The summed E-state index contributed by atoms with van der Waals surface area (Å²) < 4.78 is 5.20. The van der Waals surface area contributed by atoms with Crippen molar-refractivity contribution in [1.29, 1.82) is 0 Å². The van der Waals surface area contributed by atoms with Gasteiger partial charge >= 0.3 is 0 Å². The lowest BCUT2D eigenvalue weighted by atomic mass is 9.98. The van der Waals surface area contributed by atoms with Crippen molar-refractivity contribution in [1.82, 2.24) is 10.2 Å². The van der Waals surface area contributed by atoms with Gasteiger partial charge in [-0.3, -0.25) is 4.90 Å². The molecule has 3 heteroatoms. The minimum atomic E-state index is 0.643. The Morgan fingerprint density at radius 1 is 1.44 bits per heavy atom. The lowest BCUT2D eigenvalue weighted by molar-refractivity contribution is 0.0728. The van der Waals surface area contributed by atoms with Crippen LogP contribution in [0.25, 0.3) is 0 Å². The zero-order valence-electron chi connectivity index (χ0n) is 11.3. The molecule has 0 aliphatic carbocycles. The molecule has 1 fully saturated rings. The minimum Gasteiger partial charge on any atom is -0.383 e. The van der Waals surface area contributed by atoms with Crippen LogP contribution in [-0.2, 0) is 4.74 Å². The molecule has 2 atom stereocenters. The second-order valence-electron chi connectivity index (χ2n) is 5.19. The summed E-state index contributed by atoms with van der Waals surface area (Å²) in [6, 6.07) is 1.35. The van der Waals surface area contributed by atoms with E-state index in [-0.39, 0.29) is 0 Å². The number of methoxy groups -OCH3 is 1. The molecule has 0 saturated carbocycles. The van der Waals surface area contributed by atoms with Gasteiger partial charge in [-0.05, 0) is 12.3 Å². The molecule has 16 heavy (non-hydrogen) atoms. The number of piperazine rings is 1. The van der Waals surface area contributed by atoms with Gasteiger partial charge in [0.15, 0.2) is 0 Å². The van der Waals surface area contributed by atoms with Gasteiger partial charge in [-0.25, -0.2) is 0 Å². The molecular weight excluding hydrogens is 200 g/mol. The molecule has 96 valence electrons. The van der Waals surface area contributed by atoms with Gasteiger partial charge in [-0.1, -0.05) is 27.2 Å². The highest BCUT2D eigenvalue weighted by atomic mass is 16.5. The van der Waals surface area contributed by atoms with Crippen molar-refractivity contribution in [2.45, 2.75) is 45.7 Å². The molecule has 0 aromatic rings. The molecule has 0 radical (unpaired) electrons. The molecule has 0 bridgehead atoms. The van der Waals surface area contributed by atoms with E-state index in [2.05, 4.69) is 31.0 Å². The minimum absolute atomic E-state index is 0.643. The first-order valence-electron chi connectivity index (χ1n) is 6.65. The van der Waals surface area contributed by atoms with Crippen molar-refractivity contribution >= 4 is 0 Å². The van der Waals surface area contributed by atoms with Gasteiger partial charge in [0.05, 0.1) is 6.61 Å². The lowest BCUT2D eigenvalue weighted by Gasteiger charge is -2.41. The fraction of sp³-hybridized carbons (Fsp3) is 1.00. The van der Waals surface area contributed by atoms with E-state index in [0.717, 1.165) is 19.7 Å². The Morgan fingerprint density at radius 2 is 2.19 bits per heavy atom. The van der Waals surface area contributed by atoms with Crippen LogP contribution in [0.4, 0.5) is 0 Å². The molecular formula is C13H28N2O. The fourth-order valence-corrected chi connectivity index (χ4v) is 2.43. The van der Waals surface area contributed by atoms with E-state index in [4.69, 9.17) is 4.74 Å². The molecule has 1 aliphatic heterocycles. The third-order valence-corrected chi connectivity index (χ3v) is 3.57. The van der Waals surface area contributed by atoms with E-state index < -0.39 is 0 Å². The van der Waals surface area contributed by atoms with E-state index in [1.54, 1.807) is 7.11 Å². The average molecular weight is 228 g/mol. The van der Waals surface area contributed by atoms with Crippen molar-refractivity contribution in [2.24, 2.45) is 5.92 Å². The lowest BCUT2D eigenvalue weighted by Crippen LogP contribution is -2.58. The first-order chi connectivity index (χ1) is 7.69. The van der Waals surface area contributed by atoms with E-state index in [1.807, 2.05) is 0 Å². The largest absolute Gasteiger partial charge is 0.383 e. The molecule has 1 heterocycles. The topological polar surface area (TPSA) is 24.5 Å². The van der Waals surface area contributed by atoms with Gasteiger partial charge in [-0.15, -0.1) is 0 Å². The van der Waals surface area contributed by atoms with Crippen LogP contribution in [0.1, 0.15) is 33.6 Å². The Morgan fingerprint density at radius 3 is 2.75 bits per heavy atom. The van der Waals surface area contributed by atoms with Crippen LogP contribution >= 0.6 is 0 Å². The number of hydrogen-bond donors (Lipinski definition) is 1. The summed E-state index contributed by atoms with van der Waals surface area (Å²) in [7, 11) is 1.79. The fourth-order valence-electron chi connectivity index (χ4n) is 2.43. The summed E-state index contributed by atoms with van der Waals surface area (Å²) in [5.41, 5.74) is 0. The molecule has 0 aromatic carbocycles. The van der Waals surface area contributed by atoms with Gasteiger partial charge in [0.2, 0.25) is 0 Å². The maximum absolute atomic E-state index is 5.20. The van der Waals surface area contributed by atoms with Crippen LogP contribution in [0, 0.1) is 5.92 Å². The van der Waals surface area contributed by atoms with Crippen molar-refractivity contribution in [3.63, 3.8) is 0 Å². The van der Waals surface area contributed by atoms with Gasteiger partial charge in [0.1, 0.15) is 0 Å². The predicted octanol–water partition coefficient (Wildman–Crippen LogP) is 1.73. The number of hydrogen-bond acceptors (Lipinski definition) is 3. The van der Waals surface area contributed by atoms with E-state index in [0.29, 0.717) is 18.0 Å². The van der Waals surface area contributed by atoms with Crippen LogP contribution in [-0.4, -0.2) is 50.3 Å². The quantitative estimate of drug-likeness (QED) is 0.749. The molecule has 0 amide bonds. The SMILES string of the molecule is CCCC1CNC(C(C)C)CN1CCOC. The van der Waals surface area contributed by atoms with Crippen LogP contribution in [0.2, 0.25) is 0 Å². The van der Waals surface area contributed by atoms with Crippen LogP contribution in [0.5, 0.6) is 0 Å². The van der Waals surface area contributed by atoms with Crippen molar-refractivity contribution in [3.8, 4) is 0 Å². The molecule has 1 saturated heterocycles. The Bertz CT molecular complexity index is 185. The summed E-state index contributed by atoms with van der Waals surface area (Å²) in [4.78, 5) is 2.61. The van der Waals surface area contributed by atoms with E-state index >= 15 is 0 Å². The summed E-state index contributed by atoms with van der Waals surface area (Å²) in [5.74, 6) is 0.715. The Hall–Kier alpha value is -0.120. The normalized spacial score (nSPS) is 27.6. The first kappa shape index (κ1) is 13.9. The van der Waals surface area contributed by atoms with Gasteiger partial charge in [-0.2, -0.15) is 0 Å². The van der Waals surface area contributed by atoms with E-state index in [1.165, 1.54) is 19.4 Å². The smallest absolute Gasteiger partial charge is 0.0589 e. The summed E-state index contributed by atoms with van der Waals surface area (Å²) in [5, 5.41) is 3.68. The highest BCUT2D eigenvalue weighted by Crippen LogP contribution is 2.15. The maximum atomic E-state index is 5.20. The maximum Gasteiger partial charge on any atom is 0.0589 e. The second-order valence-corrected chi connectivity index (χ2v) is 5.19. The van der Waals surface area contributed by atoms with Crippen molar-refractivity contribution in [3.05, 3.63) is 0 Å². The zero-order valence-corrected chi connectivity index (χ0v) is 11.3. The first-order valence-corrected chi connectivity index (χ1v) is 6.65. The third-order valence-electron chi connectivity index (χ3n) is 3.57. The predicted molar refractivity (Wildman–Crippen MR) is 68.8 cm³/mol. The number of rotatable bonds is 6. The molecule has 0 aromatic heterocycles. The van der Waals surface area contributed by atoms with Gasteiger partial charge in [0, 0.05) is 38.8 Å². The molecule has 2 unspecified atom stereocenters. The Balaban J connectivity index is 2.47. The standard InChI is InChI=1S/C13H28N2O/c1-5-6-12-9-14-13(11(2)3)10-15(12)7-8-16-4/h11-14H,5-10H2,1-4H3. The third kappa shape index (κ3) is 4.04. The number of nitrogens with zero attached hydrogens (tertiary/aromatic N) is 1. The molecule has 3 nitrogen and oxygen atoms in total. The molecule has 1 rings (SSSR count). The zero-order chi connectivity index (χ0) is 12.0. The highest BCUT2D eigenvalue weighted by molar-refractivity contribution is 4.87. The monoisotopic (exact) mass is 228 g/mol. The average Bonchev–Trinajstić information content (AvgIpc) is 2.27.